The smallest absolute Gasteiger partial charge is 0.220 e. The Morgan fingerprint density at radius 1 is 0.343 bits per heavy atom. The molecular weight excluding hydrogens is 859 g/mol. The monoisotopic (exact) mass is 984 g/mol. The predicted molar refractivity (Wildman–Crippen MR) is 310 cm³/mol. The zero-order valence-corrected chi connectivity index (χ0v) is 47.4. The molecule has 0 radical (unpaired) electrons. The van der Waals surface area contributed by atoms with Crippen LogP contribution in [0.4, 0.5) is 0 Å². The molecule has 0 aliphatic heterocycles. The van der Waals surface area contributed by atoms with Crippen LogP contribution < -0.4 is 5.32 Å². The fourth-order valence-corrected chi connectivity index (χ4v) is 10.1. The Morgan fingerprint density at radius 2 is 0.586 bits per heavy atom. The third-order valence-corrected chi connectivity index (χ3v) is 14.9. The summed E-state index contributed by atoms with van der Waals surface area (Å²) >= 11 is 0. The van der Waals surface area contributed by atoms with Gasteiger partial charge < -0.3 is 20.6 Å². The summed E-state index contributed by atoms with van der Waals surface area (Å²) in [5.74, 6) is -0.153. The van der Waals surface area contributed by atoms with Crippen LogP contribution in [-0.2, 0) is 4.79 Å². The van der Waals surface area contributed by atoms with Crippen molar-refractivity contribution in [3.63, 3.8) is 0 Å². The van der Waals surface area contributed by atoms with Gasteiger partial charge in [-0.1, -0.05) is 301 Å². The van der Waals surface area contributed by atoms with Crippen molar-refractivity contribution in [2.24, 2.45) is 0 Å². The summed E-state index contributed by atoms with van der Waals surface area (Å²) in [4.78, 5) is 12.5. The highest BCUT2D eigenvalue weighted by Crippen LogP contribution is 2.18. The average molecular weight is 985 g/mol. The fraction of sp³-hybridized carbons (Fsp3) is 0.892. The Morgan fingerprint density at radius 3 is 0.871 bits per heavy atom. The number of hydrogen-bond donors (Lipinski definition) is 4. The molecule has 5 heteroatoms. The van der Waals surface area contributed by atoms with Crippen molar-refractivity contribution >= 4 is 5.91 Å². The van der Waals surface area contributed by atoms with Gasteiger partial charge in [-0.3, -0.25) is 4.79 Å². The number of rotatable bonds is 59. The summed E-state index contributed by atoms with van der Waals surface area (Å²) in [5.41, 5.74) is 0. The quantitative estimate of drug-likeness (QED) is 0.0361. The lowest BCUT2D eigenvalue weighted by Crippen LogP contribution is -2.50. The Kier molecular flexibility index (Phi) is 58.9. The number of aliphatic hydroxyl groups excluding tert-OH is 3. The van der Waals surface area contributed by atoms with Gasteiger partial charge in [0.2, 0.25) is 5.91 Å². The van der Waals surface area contributed by atoms with E-state index in [0.29, 0.717) is 12.8 Å². The molecule has 0 aromatic rings. The van der Waals surface area contributed by atoms with Crippen LogP contribution in [0.5, 0.6) is 0 Å². The molecule has 414 valence electrons. The van der Waals surface area contributed by atoms with E-state index in [1.54, 1.807) is 0 Å². The molecule has 0 fully saturated rings. The molecule has 70 heavy (non-hydrogen) atoms. The third kappa shape index (κ3) is 54.3. The van der Waals surface area contributed by atoms with E-state index >= 15 is 0 Å². The van der Waals surface area contributed by atoms with Crippen molar-refractivity contribution in [3.8, 4) is 0 Å². The highest BCUT2D eigenvalue weighted by Gasteiger charge is 2.26. The van der Waals surface area contributed by atoms with E-state index in [4.69, 9.17) is 0 Å². The minimum Gasteiger partial charge on any atom is -0.394 e. The van der Waals surface area contributed by atoms with Crippen molar-refractivity contribution in [1.82, 2.24) is 5.32 Å². The number of aliphatic hydroxyl groups is 3. The molecule has 0 heterocycles. The number of nitrogens with one attached hydrogen (secondary N) is 1. The van der Waals surface area contributed by atoms with Gasteiger partial charge in [0.25, 0.3) is 0 Å². The Hall–Kier alpha value is -1.43. The number of carbonyl (C=O) groups is 1. The minimum absolute atomic E-state index is 0.153. The van der Waals surface area contributed by atoms with Crippen LogP contribution in [0.2, 0.25) is 0 Å². The minimum atomic E-state index is -1.17. The third-order valence-electron chi connectivity index (χ3n) is 14.9. The second-order valence-electron chi connectivity index (χ2n) is 21.9. The number of amides is 1. The van der Waals surface area contributed by atoms with Crippen LogP contribution >= 0.6 is 0 Å². The predicted octanol–water partition coefficient (Wildman–Crippen LogP) is 20.2. The topological polar surface area (TPSA) is 89.8 Å². The summed E-state index contributed by atoms with van der Waals surface area (Å²) in [5, 5.41) is 33.8. The SMILES string of the molecule is CCCCCCCCCCCCCC/C=C\CCCCCCCCCCCCCCCCCCCC(=O)NC(CO)C(O)C(O)CCC/C=C/CC/C=C/CCCCCCCCCCCCCCCC. The zero-order chi connectivity index (χ0) is 50.7. The molecule has 5 nitrogen and oxygen atoms in total. The lowest BCUT2D eigenvalue weighted by atomic mass is 10.0. The molecule has 3 atom stereocenters. The first-order valence-electron chi connectivity index (χ1n) is 31.8. The van der Waals surface area contributed by atoms with E-state index in [1.165, 1.54) is 276 Å². The molecule has 0 aliphatic carbocycles. The van der Waals surface area contributed by atoms with Crippen LogP contribution in [0.1, 0.15) is 348 Å². The molecule has 3 unspecified atom stereocenters. The lowest BCUT2D eigenvalue weighted by Gasteiger charge is -2.26. The maximum absolute atomic E-state index is 12.5. The summed E-state index contributed by atoms with van der Waals surface area (Å²) in [6, 6.07) is -0.833. The van der Waals surface area contributed by atoms with Crippen molar-refractivity contribution in [2.45, 2.75) is 366 Å². The molecular formula is C65H125NO4. The van der Waals surface area contributed by atoms with Gasteiger partial charge >= 0.3 is 0 Å². The summed E-state index contributed by atoms with van der Waals surface area (Å²) < 4.78 is 0. The zero-order valence-electron chi connectivity index (χ0n) is 47.4. The molecule has 0 rings (SSSR count). The van der Waals surface area contributed by atoms with Crippen molar-refractivity contribution in [3.05, 3.63) is 36.5 Å². The molecule has 0 aromatic heterocycles. The molecule has 0 aliphatic rings. The summed E-state index contributed by atoms with van der Waals surface area (Å²) in [6.07, 6.45) is 79.1. The van der Waals surface area contributed by atoms with Gasteiger partial charge in [-0.05, 0) is 77.0 Å². The van der Waals surface area contributed by atoms with Crippen molar-refractivity contribution in [1.29, 1.82) is 0 Å². The van der Waals surface area contributed by atoms with E-state index in [9.17, 15) is 20.1 Å². The lowest BCUT2D eigenvalue weighted by molar-refractivity contribution is -0.124. The second kappa shape index (κ2) is 60.1. The molecule has 0 spiro atoms. The number of hydrogen-bond acceptors (Lipinski definition) is 4. The first-order chi connectivity index (χ1) is 34.6. The van der Waals surface area contributed by atoms with Gasteiger partial charge in [0.1, 0.15) is 6.10 Å². The normalized spacial score (nSPS) is 13.4. The molecule has 0 bridgehead atoms. The van der Waals surface area contributed by atoms with Crippen LogP contribution in [0, 0.1) is 0 Å². The Balaban J connectivity index is 3.53. The largest absolute Gasteiger partial charge is 0.394 e. The fourth-order valence-electron chi connectivity index (χ4n) is 10.1. The number of carbonyl (C=O) groups excluding carboxylic acids is 1. The maximum atomic E-state index is 12.5. The summed E-state index contributed by atoms with van der Waals surface area (Å²) in [7, 11) is 0. The van der Waals surface area contributed by atoms with E-state index in [1.807, 2.05) is 0 Å². The van der Waals surface area contributed by atoms with Crippen LogP contribution in [0.25, 0.3) is 0 Å². The van der Waals surface area contributed by atoms with Crippen LogP contribution in [0.15, 0.2) is 36.5 Å². The van der Waals surface area contributed by atoms with E-state index in [-0.39, 0.29) is 12.5 Å². The van der Waals surface area contributed by atoms with E-state index < -0.39 is 18.2 Å². The maximum Gasteiger partial charge on any atom is 0.220 e. The number of unbranched alkanes of at least 4 members (excludes halogenated alkanes) is 45. The van der Waals surface area contributed by atoms with Crippen molar-refractivity contribution in [2.75, 3.05) is 6.61 Å². The Bertz CT molecular complexity index is 1090. The number of allylic oxidation sites excluding steroid dienone is 6. The molecule has 0 saturated carbocycles. The van der Waals surface area contributed by atoms with Gasteiger partial charge in [-0.15, -0.1) is 0 Å². The highest BCUT2D eigenvalue weighted by atomic mass is 16.3. The second-order valence-corrected chi connectivity index (χ2v) is 21.9. The first kappa shape index (κ1) is 68.6. The Labute approximate surface area is 438 Å². The molecule has 1 amide bonds. The van der Waals surface area contributed by atoms with E-state index in [2.05, 4.69) is 55.6 Å². The average Bonchev–Trinajstić information content (AvgIpc) is 3.36. The molecule has 0 saturated heterocycles. The van der Waals surface area contributed by atoms with Crippen LogP contribution in [-0.4, -0.2) is 46.1 Å². The van der Waals surface area contributed by atoms with Crippen LogP contribution in [0.3, 0.4) is 0 Å². The van der Waals surface area contributed by atoms with Gasteiger partial charge in [0.05, 0.1) is 18.8 Å². The standard InChI is InChI=1S/C65H125NO4/c1-3-5-7-9-11-13-15-17-19-21-23-25-27-28-29-30-31-32-33-34-35-36-38-40-42-44-46-48-50-52-54-56-58-60-64(69)66-62(61-67)65(70)63(68)59-57-55-53-51-49-47-45-43-41-39-37-26-24-22-20-18-16-14-12-10-8-6-4-2/h28-29,43,45,51,53,62-63,65,67-68,70H,3-27,30-42,44,46-50,52,54-61H2,1-2H3,(H,66,69)/b29-28-,45-43+,53-51+. The van der Waals surface area contributed by atoms with Gasteiger partial charge in [0, 0.05) is 6.42 Å². The van der Waals surface area contributed by atoms with Gasteiger partial charge in [-0.25, -0.2) is 0 Å². The summed E-state index contributed by atoms with van der Waals surface area (Å²) in [6.45, 7) is 4.21. The van der Waals surface area contributed by atoms with E-state index in [0.717, 1.165) is 44.9 Å². The van der Waals surface area contributed by atoms with Crippen molar-refractivity contribution < 1.29 is 20.1 Å². The molecule has 4 N–H and O–H groups in total. The highest BCUT2D eigenvalue weighted by molar-refractivity contribution is 5.76. The molecule has 0 aromatic carbocycles. The van der Waals surface area contributed by atoms with Gasteiger partial charge in [0.15, 0.2) is 0 Å². The first-order valence-corrected chi connectivity index (χ1v) is 31.8. The van der Waals surface area contributed by atoms with Gasteiger partial charge in [-0.2, -0.15) is 0 Å².